The molecule has 31 heavy (non-hydrogen) atoms. The van der Waals surface area contributed by atoms with Crippen molar-refractivity contribution in [2.24, 2.45) is 5.92 Å². The van der Waals surface area contributed by atoms with Gasteiger partial charge in [0.05, 0.1) is 18.9 Å². The van der Waals surface area contributed by atoms with E-state index in [0.29, 0.717) is 30.4 Å². The number of carbonyl (C=O) groups is 1. The number of hydrogen-bond donors (Lipinski definition) is 2. The SMILES string of the molecule is CCCCCCCOc1ccc(C(=O)NC(=S)Nc2ccccc2OCC(C)C)cc1. The highest BCUT2D eigenvalue weighted by atomic mass is 32.1. The second-order valence-electron chi connectivity index (χ2n) is 7.90. The molecular formula is C25H34N2O3S. The van der Waals surface area contributed by atoms with E-state index in [1.54, 1.807) is 12.1 Å². The Bertz CT molecular complexity index is 822. The molecule has 0 aliphatic heterocycles. The van der Waals surface area contributed by atoms with Crippen LogP contribution in [0.3, 0.4) is 0 Å². The average Bonchev–Trinajstić information content (AvgIpc) is 2.75. The van der Waals surface area contributed by atoms with Gasteiger partial charge < -0.3 is 14.8 Å². The van der Waals surface area contributed by atoms with Gasteiger partial charge in [0.2, 0.25) is 0 Å². The molecule has 0 spiro atoms. The van der Waals surface area contributed by atoms with Gasteiger partial charge in [-0.1, -0.05) is 58.6 Å². The fourth-order valence-electron chi connectivity index (χ4n) is 2.88. The topological polar surface area (TPSA) is 59.6 Å². The molecule has 0 unspecified atom stereocenters. The lowest BCUT2D eigenvalue weighted by Crippen LogP contribution is -2.34. The van der Waals surface area contributed by atoms with E-state index in [-0.39, 0.29) is 11.0 Å². The molecule has 0 aromatic heterocycles. The van der Waals surface area contributed by atoms with Gasteiger partial charge in [0.1, 0.15) is 11.5 Å². The summed E-state index contributed by atoms with van der Waals surface area (Å²) in [7, 11) is 0. The van der Waals surface area contributed by atoms with Gasteiger partial charge in [-0.05, 0) is 61.0 Å². The van der Waals surface area contributed by atoms with E-state index in [4.69, 9.17) is 21.7 Å². The predicted molar refractivity (Wildman–Crippen MR) is 131 cm³/mol. The number of nitrogens with one attached hydrogen (secondary N) is 2. The van der Waals surface area contributed by atoms with Crippen LogP contribution >= 0.6 is 12.2 Å². The Labute approximate surface area is 191 Å². The molecule has 0 aliphatic carbocycles. The van der Waals surface area contributed by atoms with E-state index >= 15 is 0 Å². The molecule has 5 nitrogen and oxygen atoms in total. The first-order valence-corrected chi connectivity index (χ1v) is 11.5. The average molecular weight is 443 g/mol. The normalized spacial score (nSPS) is 10.6. The summed E-state index contributed by atoms with van der Waals surface area (Å²) in [5.41, 5.74) is 1.24. The zero-order valence-corrected chi connectivity index (χ0v) is 19.6. The number of rotatable bonds is 12. The molecule has 0 radical (unpaired) electrons. The van der Waals surface area contributed by atoms with Crippen molar-refractivity contribution in [1.29, 1.82) is 0 Å². The summed E-state index contributed by atoms with van der Waals surface area (Å²) < 4.78 is 11.6. The van der Waals surface area contributed by atoms with Crippen molar-refractivity contribution < 1.29 is 14.3 Å². The molecule has 2 aromatic carbocycles. The number of anilines is 1. The molecule has 0 aliphatic rings. The number of carbonyl (C=O) groups excluding carboxylic acids is 1. The highest BCUT2D eigenvalue weighted by molar-refractivity contribution is 7.80. The third-order valence-corrected chi connectivity index (χ3v) is 4.77. The Morgan fingerprint density at radius 1 is 0.968 bits per heavy atom. The number of hydrogen-bond acceptors (Lipinski definition) is 4. The minimum Gasteiger partial charge on any atom is -0.494 e. The summed E-state index contributed by atoms with van der Waals surface area (Å²) in [5, 5.41) is 5.98. The van der Waals surface area contributed by atoms with Crippen molar-refractivity contribution in [3.63, 3.8) is 0 Å². The second kappa shape index (κ2) is 13.7. The van der Waals surface area contributed by atoms with Gasteiger partial charge in [-0.25, -0.2) is 0 Å². The van der Waals surface area contributed by atoms with Crippen LogP contribution in [0.2, 0.25) is 0 Å². The first kappa shape index (κ1) is 24.7. The summed E-state index contributed by atoms with van der Waals surface area (Å²) in [6, 6.07) is 14.6. The standard InChI is InChI=1S/C25H34N2O3S/c1-4-5-6-7-10-17-29-21-15-13-20(14-16-21)24(28)27-25(31)26-22-11-8-9-12-23(22)30-18-19(2)3/h8-9,11-16,19H,4-7,10,17-18H2,1-3H3,(H2,26,27,28,31). The third-order valence-electron chi connectivity index (χ3n) is 4.57. The van der Waals surface area contributed by atoms with E-state index in [9.17, 15) is 4.79 Å². The minimum absolute atomic E-state index is 0.220. The lowest BCUT2D eigenvalue weighted by atomic mass is 10.2. The molecule has 6 heteroatoms. The Hall–Kier alpha value is -2.60. The van der Waals surface area contributed by atoms with Crippen molar-refractivity contribution in [3.8, 4) is 11.5 Å². The van der Waals surface area contributed by atoms with Crippen LogP contribution in [0, 0.1) is 5.92 Å². The van der Waals surface area contributed by atoms with E-state index < -0.39 is 0 Å². The monoisotopic (exact) mass is 442 g/mol. The molecule has 0 heterocycles. The van der Waals surface area contributed by atoms with Crippen LogP contribution in [0.25, 0.3) is 0 Å². The summed E-state index contributed by atoms with van der Waals surface area (Å²) >= 11 is 5.31. The summed E-state index contributed by atoms with van der Waals surface area (Å²) in [6.07, 6.45) is 6.00. The van der Waals surface area contributed by atoms with Crippen molar-refractivity contribution in [1.82, 2.24) is 5.32 Å². The van der Waals surface area contributed by atoms with E-state index in [0.717, 1.165) is 17.9 Å². The Morgan fingerprint density at radius 2 is 1.68 bits per heavy atom. The molecule has 168 valence electrons. The van der Waals surface area contributed by atoms with Gasteiger partial charge in [0.25, 0.3) is 5.91 Å². The van der Waals surface area contributed by atoms with Gasteiger partial charge in [-0.3, -0.25) is 10.1 Å². The van der Waals surface area contributed by atoms with E-state index in [2.05, 4.69) is 31.4 Å². The highest BCUT2D eigenvalue weighted by Crippen LogP contribution is 2.24. The molecular weight excluding hydrogens is 408 g/mol. The second-order valence-corrected chi connectivity index (χ2v) is 8.30. The van der Waals surface area contributed by atoms with Crippen LogP contribution in [-0.4, -0.2) is 24.2 Å². The largest absolute Gasteiger partial charge is 0.494 e. The fourth-order valence-corrected chi connectivity index (χ4v) is 3.08. The van der Waals surface area contributed by atoms with E-state index in [1.807, 2.05) is 36.4 Å². The van der Waals surface area contributed by atoms with E-state index in [1.165, 1.54) is 25.7 Å². The van der Waals surface area contributed by atoms with Gasteiger partial charge in [0.15, 0.2) is 5.11 Å². The molecule has 0 bridgehead atoms. The van der Waals surface area contributed by atoms with Crippen LogP contribution in [0.1, 0.15) is 63.2 Å². The molecule has 0 saturated carbocycles. The fraction of sp³-hybridized carbons (Fsp3) is 0.440. The summed E-state index contributed by atoms with van der Waals surface area (Å²) in [6.45, 7) is 7.68. The van der Waals surface area contributed by atoms with Crippen molar-refractivity contribution in [2.75, 3.05) is 18.5 Å². The van der Waals surface area contributed by atoms with Gasteiger partial charge >= 0.3 is 0 Å². The molecule has 2 rings (SSSR count). The maximum absolute atomic E-state index is 12.5. The van der Waals surface area contributed by atoms with Crippen molar-refractivity contribution in [2.45, 2.75) is 52.9 Å². The Kier molecular flexibility index (Phi) is 10.9. The smallest absolute Gasteiger partial charge is 0.257 e. The van der Waals surface area contributed by atoms with Crippen LogP contribution in [-0.2, 0) is 0 Å². The lowest BCUT2D eigenvalue weighted by molar-refractivity contribution is 0.0977. The van der Waals surface area contributed by atoms with Crippen LogP contribution in [0.5, 0.6) is 11.5 Å². The summed E-state index contributed by atoms with van der Waals surface area (Å²) in [5.74, 6) is 1.60. The molecule has 0 fully saturated rings. The number of ether oxygens (including phenoxy) is 2. The number of benzene rings is 2. The first-order chi connectivity index (χ1) is 15.0. The van der Waals surface area contributed by atoms with Crippen molar-refractivity contribution >= 4 is 28.9 Å². The van der Waals surface area contributed by atoms with Gasteiger partial charge in [-0.15, -0.1) is 0 Å². The number of thiocarbonyl (C=S) groups is 1. The van der Waals surface area contributed by atoms with Gasteiger partial charge in [-0.2, -0.15) is 0 Å². The third kappa shape index (κ3) is 9.39. The summed E-state index contributed by atoms with van der Waals surface area (Å²) in [4.78, 5) is 12.5. The minimum atomic E-state index is -0.274. The quantitative estimate of drug-likeness (QED) is 0.303. The molecule has 0 atom stereocenters. The highest BCUT2D eigenvalue weighted by Gasteiger charge is 2.11. The maximum Gasteiger partial charge on any atom is 0.257 e. The molecule has 0 saturated heterocycles. The maximum atomic E-state index is 12.5. The van der Waals surface area contributed by atoms with Crippen LogP contribution in [0.4, 0.5) is 5.69 Å². The first-order valence-electron chi connectivity index (χ1n) is 11.1. The number of amides is 1. The Morgan fingerprint density at radius 3 is 2.39 bits per heavy atom. The molecule has 2 N–H and O–H groups in total. The molecule has 2 aromatic rings. The van der Waals surface area contributed by atoms with Crippen LogP contribution in [0.15, 0.2) is 48.5 Å². The molecule has 1 amide bonds. The number of para-hydroxylation sites is 2. The number of unbranched alkanes of at least 4 members (excludes halogenated alkanes) is 4. The Balaban J connectivity index is 1.82. The van der Waals surface area contributed by atoms with Crippen LogP contribution < -0.4 is 20.1 Å². The lowest BCUT2D eigenvalue weighted by Gasteiger charge is -2.15. The predicted octanol–water partition coefficient (Wildman–Crippen LogP) is 6.20. The zero-order chi connectivity index (χ0) is 22.5. The van der Waals surface area contributed by atoms with Gasteiger partial charge in [0, 0.05) is 5.56 Å². The van der Waals surface area contributed by atoms with Crippen molar-refractivity contribution in [3.05, 3.63) is 54.1 Å². The zero-order valence-electron chi connectivity index (χ0n) is 18.8.